The van der Waals surface area contributed by atoms with Crippen LogP contribution in [0.3, 0.4) is 0 Å². The van der Waals surface area contributed by atoms with Gasteiger partial charge in [0.1, 0.15) is 5.82 Å². The molecule has 4 rings (SSSR count). The van der Waals surface area contributed by atoms with E-state index in [1.165, 1.54) is 23.8 Å². The second-order valence-electron chi connectivity index (χ2n) is 8.14. The van der Waals surface area contributed by atoms with Crippen molar-refractivity contribution < 1.29 is 13.9 Å². The van der Waals surface area contributed by atoms with E-state index in [4.69, 9.17) is 16.3 Å². The Hall–Kier alpha value is -2.32. The van der Waals surface area contributed by atoms with Crippen molar-refractivity contribution in [3.63, 3.8) is 0 Å². The summed E-state index contributed by atoms with van der Waals surface area (Å²) in [7, 11) is 0. The summed E-state index contributed by atoms with van der Waals surface area (Å²) >= 11 is 7.68. The van der Waals surface area contributed by atoms with Crippen LogP contribution in [0.2, 0.25) is 5.02 Å². The number of halogens is 2. The van der Waals surface area contributed by atoms with Crippen LogP contribution in [0.4, 0.5) is 4.39 Å². The van der Waals surface area contributed by atoms with Crippen LogP contribution >= 0.6 is 22.9 Å². The summed E-state index contributed by atoms with van der Waals surface area (Å²) in [6.07, 6.45) is 3.89. The quantitative estimate of drug-likeness (QED) is 0.462. The summed E-state index contributed by atoms with van der Waals surface area (Å²) < 4.78 is 20.3. The monoisotopic (exact) mass is 487 g/mol. The predicted octanol–water partition coefficient (Wildman–Crippen LogP) is 5.40. The van der Waals surface area contributed by atoms with Gasteiger partial charge in [-0.2, -0.15) is 0 Å². The molecule has 174 valence electrons. The molecule has 5 nitrogen and oxygen atoms in total. The second-order valence-corrected chi connectivity index (χ2v) is 9.81. The first-order valence-electron chi connectivity index (χ1n) is 11.1. The minimum Gasteiger partial charge on any atom is -0.373 e. The van der Waals surface area contributed by atoms with Crippen LogP contribution in [-0.2, 0) is 11.3 Å². The van der Waals surface area contributed by atoms with Gasteiger partial charge in [-0.25, -0.2) is 9.37 Å². The molecule has 1 amide bonds. The van der Waals surface area contributed by atoms with Crippen molar-refractivity contribution >= 4 is 28.8 Å². The number of hydrogen-bond acceptors (Lipinski definition) is 5. The molecule has 1 fully saturated rings. The van der Waals surface area contributed by atoms with Crippen LogP contribution in [0.5, 0.6) is 0 Å². The number of carbonyl (C=O) groups excluding carboxylic acids is 1. The molecule has 0 bridgehead atoms. The third-order valence-electron chi connectivity index (χ3n) is 5.86. The first-order valence-corrected chi connectivity index (χ1v) is 12.2. The van der Waals surface area contributed by atoms with Gasteiger partial charge in [0.25, 0.3) is 5.91 Å². The molecular formula is C25H27ClFN3O2S. The van der Waals surface area contributed by atoms with Gasteiger partial charge in [0, 0.05) is 30.7 Å². The molecule has 2 aromatic carbocycles. The average molecular weight is 488 g/mol. The Labute approximate surface area is 202 Å². The number of benzene rings is 2. The highest BCUT2D eigenvalue weighted by atomic mass is 35.5. The van der Waals surface area contributed by atoms with E-state index in [9.17, 15) is 9.18 Å². The molecule has 33 heavy (non-hydrogen) atoms. The van der Waals surface area contributed by atoms with Crippen molar-refractivity contribution in [1.29, 1.82) is 0 Å². The molecule has 1 aromatic heterocycles. The zero-order chi connectivity index (χ0) is 23.2. The number of nitrogens with zero attached hydrogens (tertiary/aromatic N) is 2. The number of piperidine rings is 1. The van der Waals surface area contributed by atoms with Crippen molar-refractivity contribution in [2.24, 2.45) is 0 Å². The summed E-state index contributed by atoms with van der Waals surface area (Å²) in [4.78, 5) is 20.5. The van der Waals surface area contributed by atoms with Crippen molar-refractivity contribution in [3.05, 3.63) is 86.6 Å². The molecule has 0 spiro atoms. The van der Waals surface area contributed by atoms with Crippen molar-refractivity contribution in [3.8, 4) is 0 Å². The van der Waals surface area contributed by atoms with E-state index in [0.29, 0.717) is 13.2 Å². The molecule has 1 atom stereocenters. The fourth-order valence-corrected chi connectivity index (χ4v) is 5.25. The third kappa shape index (κ3) is 6.18. The van der Waals surface area contributed by atoms with E-state index in [1.807, 2.05) is 31.3 Å². The molecule has 1 N–H and O–H groups in total. The molecule has 0 radical (unpaired) electrons. The van der Waals surface area contributed by atoms with E-state index in [0.717, 1.165) is 35.8 Å². The Bertz CT molecular complexity index is 1050. The number of nitrogens with one attached hydrogen (secondary N) is 1. The standard InChI is InChI=1S/C25H27ClFN3O2S/c1-17-28-15-23(33-17)22(14-29-25(31)24-20(26)8-5-9-21(24)27)30-12-10-19(11-13-30)32-16-18-6-3-2-4-7-18/h2-9,15,19,22H,10-14,16H2,1H3,(H,29,31). The lowest BCUT2D eigenvalue weighted by molar-refractivity contribution is -0.0109. The van der Waals surface area contributed by atoms with E-state index in [2.05, 4.69) is 27.3 Å². The molecule has 1 saturated heterocycles. The Kier molecular flexibility index (Phi) is 8.09. The highest BCUT2D eigenvalue weighted by Gasteiger charge is 2.29. The third-order valence-corrected chi connectivity index (χ3v) is 7.19. The Morgan fingerprint density at radius 1 is 1.24 bits per heavy atom. The van der Waals surface area contributed by atoms with Crippen LogP contribution in [0.1, 0.15) is 44.7 Å². The number of hydrogen-bond donors (Lipinski definition) is 1. The average Bonchev–Trinajstić information content (AvgIpc) is 3.25. The van der Waals surface area contributed by atoms with Gasteiger partial charge in [-0.05, 0) is 37.5 Å². The predicted molar refractivity (Wildman–Crippen MR) is 129 cm³/mol. The van der Waals surface area contributed by atoms with E-state index < -0.39 is 11.7 Å². The Morgan fingerprint density at radius 2 is 2.00 bits per heavy atom. The van der Waals surface area contributed by atoms with Gasteiger partial charge in [-0.3, -0.25) is 9.69 Å². The first-order chi connectivity index (χ1) is 16.0. The molecule has 1 aliphatic heterocycles. The van der Waals surface area contributed by atoms with Crippen molar-refractivity contribution in [2.75, 3.05) is 19.6 Å². The highest BCUT2D eigenvalue weighted by molar-refractivity contribution is 7.11. The molecule has 3 aromatic rings. The maximum Gasteiger partial charge on any atom is 0.255 e. The fraction of sp³-hybridized carbons (Fsp3) is 0.360. The maximum absolute atomic E-state index is 14.2. The molecular weight excluding hydrogens is 461 g/mol. The van der Waals surface area contributed by atoms with Gasteiger partial charge >= 0.3 is 0 Å². The van der Waals surface area contributed by atoms with Crippen LogP contribution in [-0.4, -0.2) is 41.5 Å². The zero-order valence-electron chi connectivity index (χ0n) is 18.5. The minimum atomic E-state index is -0.624. The highest BCUT2D eigenvalue weighted by Crippen LogP contribution is 2.29. The minimum absolute atomic E-state index is 0.0410. The number of aryl methyl sites for hydroxylation is 1. The summed E-state index contributed by atoms with van der Waals surface area (Å²) in [5.41, 5.74) is 1.05. The number of likely N-dealkylation sites (tertiary alicyclic amines) is 1. The van der Waals surface area contributed by atoms with Crippen LogP contribution in [0, 0.1) is 12.7 Å². The number of rotatable bonds is 8. The molecule has 1 unspecified atom stereocenters. The van der Waals surface area contributed by atoms with Crippen LogP contribution < -0.4 is 5.32 Å². The molecule has 1 aliphatic rings. The van der Waals surface area contributed by atoms with Crippen molar-refractivity contribution in [2.45, 2.75) is 38.5 Å². The van der Waals surface area contributed by atoms with Crippen LogP contribution in [0.25, 0.3) is 0 Å². The molecule has 2 heterocycles. The van der Waals surface area contributed by atoms with Gasteiger partial charge in [0.05, 0.1) is 34.3 Å². The number of carbonyl (C=O) groups is 1. The topological polar surface area (TPSA) is 54.5 Å². The smallest absolute Gasteiger partial charge is 0.255 e. The Balaban J connectivity index is 1.38. The Morgan fingerprint density at radius 3 is 2.67 bits per heavy atom. The SMILES string of the molecule is Cc1ncc(C(CNC(=O)c2c(F)cccc2Cl)N2CCC(OCc3ccccc3)CC2)s1. The first kappa shape index (κ1) is 23.8. The largest absolute Gasteiger partial charge is 0.373 e. The lowest BCUT2D eigenvalue weighted by Gasteiger charge is -2.37. The zero-order valence-corrected chi connectivity index (χ0v) is 20.0. The second kappa shape index (κ2) is 11.2. The molecule has 8 heteroatoms. The summed E-state index contributed by atoms with van der Waals surface area (Å²) in [6.45, 7) is 4.62. The van der Waals surface area contributed by atoms with Crippen LogP contribution in [0.15, 0.2) is 54.7 Å². The maximum atomic E-state index is 14.2. The lowest BCUT2D eigenvalue weighted by Crippen LogP contribution is -2.43. The van der Waals surface area contributed by atoms with Gasteiger partial charge in [0.2, 0.25) is 0 Å². The number of thiazole rings is 1. The van der Waals surface area contributed by atoms with Crippen molar-refractivity contribution in [1.82, 2.24) is 15.2 Å². The molecule has 0 saturated carbocycles. The fourth-order valence-electron chi connectivity index (χ4n) is 4.08. The summed E-state index contributed by atoms with van der Waals surface area (Å²) in [5.74, 6) is -1.13. The van der Waals surface area contributed by atoms with Gasteiger partial charge in [0.15, 0.2) is 0 Å². The van der Waals surface area contributed by atoms with E-state index in [1.54, 1.807) is 11.3 Å². The van der Waals surface area contributed by atoms with Gasteiger partial charge < -0.3 is 10.1 Å². The van der Waals surface area contributed by atoms with Gasteiger partial charge in [-0.1, -0.05) is 48.0 Å². The number of aromatic nitrogens is 1. The van der Waals surface area contributed by atoms with E-state index in [-0.39, 0.29) is 22.7 Å². The molecule has 0 aliphatic carbocycles. The lowest BCUT2D eigenvalue weighted by atomic mass is 10.0. The van der Waals surface area contributed by atoms with Gasteiger partial charge in [-0.15, -0.1) is 11.3 Å². The number of amides is 1. The normalized spacial score (nSPS) is 16.0. The summed E-state index contributed by atoms with van der Waals surface area (Å²) in [6, 6.07) is 14.4. The summed E-state index contributed by atoms with van der Waals surface area (Å²) in [5, 5.41) is 3.96. The van der Waals surface area contributed by atoms with E-state index >= 15 is 0 Å². The number of ether oxygens (including phenoxy) is 1.